The molecule has 4 nitrogen and oxygen atoms in total. The highest BCUT2D eigenvalue weighted by molar-refractivity contribution is 6.09. The SMILES string of the molecule is Nc1ncc(C(=O)N2CC3CCC2C3)c2ccccc12. The van der Waals surface area contributed by atoms with Crippen LogP contribution in [0.4, 0.5) is 5.82 Å². The normalized spacial score (nSPS) is 24.5. The molecule has 2 fully saturated rings. The molecular formula is C16H17N3O. The van der Waals surface area contributed by atoms with E-state index in [-0.39, 0.29) is 5.91 Å². The highest BCUT2D eigenvalue weighted by atomic mass is 16.2. The molecule has 20 heavy (non-hydrogen) atoms. The topological polar surface area (TPSA) is 59.2 Å². The number of nitrogens with zero attached hydrogens (tertiary/aromatic N) is 2. The second-order valence-corrected chi connectivity index (χ2v) is 5.89. The number of hydrogen-bond donors (Lipinski definition) is 1. The van der Waals surface area contributed by atoms with Crippen molar-refractivity contribution in [2.75, 3.05) is 12.3 Å². The first-order valence-electron chi connectivity index (χ1n) is 7.18. The van der Waals surface area contributed by atoms with Crippen molar-refractivity contribution in [2.45, 2.75) is 25.3 Å². The van der Waals surface area contributed by atoms with Gasteiger partial charge < -0.3 is 10.6 Å². The molecular weight excluding hydrogens is 250 g/mol. The first kappa shape index (κ1) is 11.7. The average Bonchev–Trinajstić information content (AvgIpc) is 3.10. The zero-order chi connectivity index (χ0) is 13.7. The maximum absolute atomic E-state index is 12.8. The van der Waals surface area contributed by atoms with E-state index >= 15 is 0 Å². The molecule has 0 spiro atoms. The molecule has 1 aliphatic carbocycles. The number of anilines is 1. The van der Waals surface area contributed by atoms with Crippen molar-refractivity contribution in [3.8, 4) is 0 Å². The van der Waals surface area contributed by atoms with Gasteiger partial charge >= 0.3 is 0 Å². The van der Waals surface area contributed by atoms with Gasteiger partial charge in [-0.1, -0.05) is 24.3 Å². The van der Waals surface area contributed by atoms with Crippen LogP contribution in [0.2, 0.25) is 0 Å². The van der Waals surface area contributed by atoms with Crippen LogP contribution in [-0.4, -0.2) is 28.4 Å². The van der Waals surface area contributed by atoms with E-state index in [0.717, 1.165) is 23.7 Å². The second kappa shape index (κ2) is 4.20. The Morgan fingerprint density at radius 3 is 2.75 bits per heavy atom. The first-order valence-corrected chi connectivity index (χ1v) is 7.18. The van der Waals surface area contributed by atoms with E-state index in [1.165, 1.54) is 12.8 Å². The van der Waals surface area contributed by atoms with Crippen molar-refractivity contribution in [1.29, 1.82) is 0 Å². The lowest BCUT2D eigenvalue weighted by Crippen LogP contribution is -2.37. The van der Waals surface area contributed by atoms with E-state index in [2.05, 4.69) is 4.98 Å². The Balaban J connectivity index is 1.79. The summed E-state index contributed by atoms with van der Waals surface area (Å²) in [5.41, 5.74) is 6.59. The minimum absolute atomic E-state index is 0.112. The van der Waals surface area contributed by atoms with Crippen molar-refractivity contribution in [3.05, 3.63) is 36.0 Å². The van der Waals surface area contributed by atoms with Gasteiger partial charge in [-0.25, -0.2) is 4.98 Å². The molecule has 2 unspecified atom stereocenters. The van der Waals surface area contributed by atoms with Gasteiger partial charge in [0.25, 0.3) is 5.91 Å². The molecule has 1 saturated carbocycles. The fourth-order valence-corrected chi connectivity index (χ4v) is 3.71. The van der Waals surface area contributed by atoms with Crippen LogP contribution in [0.15, 0.2) is 30.5 Å². The Hall–Kier alpha value is -2.10. The summed E-state index contributed by atoms with van der Waals surface area (Å²) in [4.78, 5) is 19.0. The average molecular weight is 267 g/mol. The molecule has 1 aromatic heterocycles. The predicted octanol–water partition coefficient (Wildman–Crippen LogP) is 2.44. The molecule has 1 aliphatic heterocycles. The standard InChI is InChI=1S/C16H17N3O/c17-15-13-4-2-1-3-12(13)14(8-18-15)16(20)19-9-10-5-6-11(19)7-10/h1-4,8,10-11H,5-7,9H2,(H2,17,18). The van der Waals surface area contributed by atoms with Crippen molar-refractivity contribution < 1.29 is 4.79 Å². The number of carbonyl (C=O) groups excluding carboxylic acids is 1. The number of carbonyl (C=O) groups is 1. The zero-order valence-corrected chi connectivity index (χ0v) is 11.2. The Bertz CT molecular complexity index is 697. The molecule has 4 heteroatoms. The van der Waals surface area contributed by atoms with Crippen LogP contribution in [0.25, 0.3) is 10.8 Å². The summed E-state index contributed by atoms with van der Waals surface area (Å²) >= 11 is 0. The lowest BCUT2D eigenvalue weighted by atomic mass is 10.0. The van der Waals surface area contributed by atoms with Gasteiger partial charge in [-0.15, -0.1) is 0 Å². The van der Waals surface area contributed by atoms with Gasteiger partial charge in [-0.2, -0.15) is 0 Å². The van der Waals surface area contributed by atoms with Gasteiger partial charge in [0.1, 0.15) is 5.82 Å². The summed E-state index contributed by atoms with van der Waals surface area (Å²) in [5, 5.41) is 1.77. The number of hydrogen-bond acceptors (Lipinski definition) is 3. The molecule has 2 bridgehead atoms. The van der Waals surface area contributed by atoms with Crippen LogP contribution in [0, 0.1) is 5.92 Å². The molecule has 2 aromatic rings. The van der Waals surface area contributed by atoms with Crippen molar-refractivity contribution in [2.24, 2.45) is 5.92 Å². The number of aromatic nitrogens is 1. The van der Waals surface area contributed by atoms with E-state index in [0.29, 0.717) is 23.3 Å². The van der Waals surface area contributed by atoms with Crippen LogP contribution in [-0.2, 0) is 0 Å². The Morgan fingerprint density at radius 2 is 2.05 bits per heavy atom. The van der Waals surface area contributed by atoms with Crippen molar-refractivity contribution >= 4 is 22.5 Å². The fraction of sp³-hybridized carbons (Fsp3) is 0.375. The maximum atomic E-state index is 12.8. The van der Waals surface area contributed by atoms with Crippen molar-refractivity contribution in [1.82, 2.24) is 9.88 Å². The summed E-state index contributed by atoms with van der Waals surface area (Å²) in [6.07, 6.45) is 5.23. The number of fused-ring (bicyclic) bond motifs is 3. The van der Waals surface area contributed by atoms with E-state index in [9.17, 15) is 4.79 Å². The molecule has 2 aliphatic rings. The molecule has 1 saturated heterocycles. The summed E-state index contributed by atoms with van der Waals surface area (Å²) in [6.45, 7) is 0.905. The molecule has 102 valence electrons. The summed E-state index contributed by atoms with van der Waals surface area (Å²) in [6, 6.07) is 8.17. The smallest absolute Gasteiger partial charge is 0.256 e. The van der Waals surface area contributed by atoms with Gasteiger partial charge in [-0.05, 0) is 30.6 Å². The Morgan fingerprint density at radius 1 is 1.25 bits per heavy atom. The van der Waals surface area contributed by atoms with Gasteiger partial charge in [0.05, 0.1) is 5.56 Å². The zero-order valence-electron chi connectivity index (χ0n) is 11.2. The number of pyridine rings is 1. The quantitative estimate of drug-likeness (QED) is 0.863. The van der Waals surface area contributed by atoms with Gasteiger partial charge in [-0.3, -0.25) is 4.79 Å². The Labute approximate surface area is 117 Å². The third-order valence-corrected chi connectivity index (χ3v) is 4.73. The van der Waals surface area contributed by atoms with Gasteiger partial charge in [0, 0.05) is 24.2 Å². The van der Waals surface area contributed by atoms with Gasteiger partial charge in [0.15, 0.2) is 0 Å². The van der Waals surface area contributed by atoms with E-state index in [4.69, 9.17) is 5.73 Å². The molecule has 2 atom stereocenters. The molecule has 2 N–H and O–H groups in total. The minimum Gasteiger partial charge on any atom is -0.383 e. The van der Waals surface area contributed by atoms with Crippen LogP contribution in [0.3, 0.4) is 0 Å². The third kappa shape index (κ3) is 1.60. The monoisotopic (exact) mass is 267 g/mol. The molecule has 0 radical (unpaired) electrons. The van der Waals surface area contributed by atoms with E-state index in [1.54, 1.807) is 6.20 Å². The number of nitrogen functional groups attached to an aromatic ring is 1. The van der Waals surface area contributed by atoms with Gasteiger partial charge in [0.2, 0.25) is 0 Å². The van der Waals surface area contributed by atoms with E-state index in [1.807, 2.05) is 29.2 Å². The highest BCUT2D eigenvalue weighted by Crippen LogP contribution is 2.38. The largest absolute Gasteiger partial charge is 0.383 e. The molecule has 4 rings (SSSR count). The fourth-order valence-electron chi connectivity index (χ4n) is 3.71. The number of nitrogens with two attached hydrogens (primary N) is 1. The van der Waals surface area contributed by atoms with Crippen LogP contribution < -0.4 is 5.73 Å². The summed E-state index contributed by atoms with van der Waals surface area (Å²) < 4.78 is 0. The Kier molecular flexibility index (Phi) is 2.46. The summed E-state index contributed by atoms with van der Waals surface area (Å²) in [7, 11) is 0. The first-order chi connectivity index (χ1) is 9.74. The number of benzene rings is 1. The number of amides is 1. The lowest BCUT2D eigenvalue weighted by molar-refractivity contribution is 0.0705. The number of rotatable bonds is 1. The van der Waals surface area contributed by atoms with Crippen LogP contribution >= 0.6 is 0 Å². The third-order valence-electron chi connectivity index (χ3n) is 4.73. The number of piperidine rings is 1. The van der Waals surface area contributed by atoms with E-state index < -0.39 is 0 Å². The minimum atomic E-state index is 0.112. The predicted molar refractivity (Wildman–Crippen MR) is 78.3 cm³/mol. The summed E-state index contributed by atoms with van der Waals surface area (Å²) in [5.74, 6) is 1.30. The highest BCUT2D eigenvalue weighted by Gasteiger charge is 2.40. The molecule has 1 aromatic carbocycles. The molecule has 1 amide bonds. The van der Waals surface area contributed by atoms with Crippen molar-refractivity contribution in [3.63, 3.8) is 0 Å². The maximum Gasteiger partial charge on any atom is 0.256 e. The second-order valence-electron chi connectivity index (χ2n) is 5.89. The lowest BCUT2D eigenvalue weighted by Gasteiger charge is -2.27. The number of likely N-dealkylation sites (tertiary alicyclic amines) is 1. The van der Waals surface area contributed by atoms with Crippen LogP contribution in [0.1, 0.15) is 29.6 Å². The molecule has 2 heterocycles. The van der Waals surface area contributed by atoms with Crippen LogP contribution in [0.5, 0.6) is 0 Å².